The molecule has 1 unspecified atom stereocenters. The van der Waals surface area contributed by atoms with Crippen molar-refractivity contribution in [3.8, 4) is 0 Å². The fourth-order valence-electron chi connectivity index (χ4n) is 2.20. The molecular weight excluding hydrogens is 213 g/mol. The van der Waals surface area contributed by atoms with Gasteiger partial charge < -0.3 is 4.90 Å². The first-order chi connectivity index (χ1) is 8.02. The number of unbranched alkanes of at least 4 members (excludes halogenated alkanes) is 2. The van der Waals surface area contributed by atoms with Crippen LogP contribution in [0.5, 0.6) is 0 Å². The molecule has 1 atom stereocenters. The van der Waals surface area contributed by atoms with E-state index in [0.717, 1.165) is 12.8 Å². The second-order valence-corrected chi connectivity index (χ2v) is 5.18. The van der Waals surface area contributed by atoms with Crippen LogP contribution in [0.2, 0.25) is 0 Å². The van der Waals surface area contributed by atoms with E-state index in [1.165, 1.54) is 36.8 Å². The molecule has 0 heterocycles. The number of nitrogens with zero attached hydrogens (tertiary/aromatic N) is 1. The van der Waals surface area contributed by atoms with Crippen molar-refractivity contribution in [2.45, 2.75) is 58.4 Å². The second kappa shape index (κ2) is 12.0. The number of allylic oxidation sites excluding steroid dienone is 2. The van der Waals surface area contributed by atoms with Gasteiger partial charge in [0.2, 0.25) is 0 Å². The van der Waals surface area contributed by atoms with Crippen molar-refractivity contribution in [1.29, 1.82) is 0 Å². The number of rotatable bonds is 9. The summed E-state index contributed by atoms with van der Waals surface area (Å²) >= 11 is 0. The first kappa shape index (κ1) is 20.2. The summed E-state index contributed by atoms with van der Waals surface area (Å²) in [6.07, 6.45) is 9.51. The van der Waals surface area contributed by atoms with E-state index in [4.69, 9.17) is 0 Å². The molecule has 0 saturated heterocycles. The summed E-state index contributed by atoms with van der Waals surface area (Å²) in [7, 11) is 4.26. The smallest absolute Gasteiger partial charge is 0.303 e. The van der Waals surface area contributed by atoms with E-state index in [1.54, 1.807) is 0 Å². The zero-order valence-corrected chi connectivity index (χ0v) is 13.3. The van der Waals surface area contributed by atoms with Crippen LogP contribution >= 0.6 is 0 Å². The van der Waals surface area contributed by atoms with Crippen molar-refractivity contribution < 1.29 is 18.9 Å². The van der Waals surface area contributed by atoms with E-state index in [1.807, 2.05) is 0 Å². The molecule has 0 aliphatic heterocycles. The third-order valence-corrected chi connectivity index (χ3v) is 3.32. The maximum atomic E-state index is 4.08. The van der Waals surface area contributed by atoms with Gasteiger partial charge in [-0.05, 0) is 27.4 Å². The molecule has 0 aliphatic carbocycles. The maximum absolute atomic E-state index is 4.08. The van der Waals surface area contributed by atoms with E-state index >= 15 is 0 Å². The molecule has 0 aliphatic rings. The van der Waals surface area contributed by atoms with Crippen LogP contribution in [0.1, 0.15) is 52.4 Å². The van der Waals surface area contributed by atoms with Gasteiger partial charge >= 0.3 is 18.9 Å². The molecule has 18 heavy (non-hydrogen) atoms. The van der Waals surface area contributed by atoms with Gasteiger partial charge in [-0.2, -0.15) is 0 Å². The van der Waals surface area contributed by atoms with Gasteiger partial charge in [0.15, 0.2) is 0 Å². The Labute approximate surface area is 127 Å². The minimum atomic E-state index is 0. The number of likely N-dealkylation sites (N-methyl/N-ethyl adjacent to an activating group) is 1. The molecule has 0 spiro atoms. The van der Waals surface area contributed by atoms with Gasteiger partial charge in [0.1, 0.15) is 0 Å². The number of hydrogen-bond donors (Lipinski definition) is 0. The predicted octanol–water partition coefficient (Wildman–Crippen LogP) is 1.62. The van der Waals surface area contributed by atoms with Gasteiger partial charge in [-0.15, -0.1) is 0 Å². The Morgan fingerprint density at radius 2 is 1.89 bits per heavy atom. The van der Waals surface area contributed by atoms with Crippen molar-refractivity contribution in [3.63, 3.8) is 0 Å². The molecule has 0 amide bonds. The molecule has 100 valence electrons. The van der Waals surface area contributed by atoms with Crippen LogP contribution in [0.3, 0.4) is 0 Å². The molecule has 0 aromatic carbocycles. The zero-order valence-electron chi connectivity index (χ0n) is 13.3. The summed E-state index contributed by atoms with van der Waals surface area (Å²) in [6, 6.07) is 0.496. The normalized spacial score (nSPS) is 13.3. The predicted molar refractivity (Wildman–Crippen MR) is 79.1 cm³/mol. The Kier molecular flexibility index (Phi) is 13.5. The van der Waals surface area contributed by atoms with Crippen LogP contribution in [0.4, 0.5) is 0 Å². The van der Waals surface area contributed by atoms with E-state index in [-0.39, 0.29) is 18.9 Å². The maximum Gasteiger partial charge on any atom is 1.00 e. The molecule has 0 bridgehead atoms. The van der Waals surface area contributed by atoms with Crippen molar-refractivity contribution >= 4 is 0 Å². The Morgan fingerprint density at radius 3 is 2.28 bits per heavy atom. The fourth-order valence-corrected chi connectivity index (χ4v) is 2.20. The minimum absolute atomic E-state index is 0. The Bertz CT molecular complexity index is 243. The Morgan fingerprint density at radius 1 is 1.28 bits per heavy atom. The average molecular weight is 243 g/mol. The summed E-state index contributed by atoms with van der Waals surface area (Å²) in [5.74, 6) is 0. The molecule has 0 fully saturated rings. The second-order valence-electron chi connectivity index (χ2n) is 5.18. The third-order valence-electron chi connectivity index (χ3n) is 3.32. The van der Waals surface area contributed by atoms with Crippen LogP contribution in [-0.2, 0) is 0 Å². The molecular formula is C16H30LiN. The van der Waals surface area contributed by atoms with Crippen LogP contribution in [0.25, 0.3) is 0 Å². The van der Waals surface area contributed by atoms with Crippen molar-refractivity contribution in [2.24, 2.45) is 0 Å². The van der Waals surface area contributed by atoms with Crippen LogP contribution in [-0.4, -0.2) is 25.0 Å². The Hall–Kier alpha value is -0.0926. The minimum Gasteiger partial charge on any atom is -0.303 e. The molecule has 0 aromatic rings. The van der Waals surface area contributed by atoms with E-state index in [2.05, 4.69) is 52.4 Å². The van der Waals surface area contributed by atoms with E-state index < -0.39 is 0 Å². The zero-order chi connectivity index (χ0) is 13.3. The molecule has 1 nitrogen and oxygen atoms in total. The summed E-state index contributed by atoms with van der Waals surface area (Å²) in [5, 5.41) is 0. The van der Waals surface area contributed by atoms with E-state index in [9.17, 15) is 0 Å². The first-order valence-corrected chi connectivity index (χ1v) is 6.81. The van der Waals surface area contributed by atoms with Crippen molar-refractivity contribution in [2.75, 3.05) is 14.1 Å². The van der Waals surface area contributed by atoms with Gasteiger partial charge in [-0.3, -0.25) is 0 Å². The summed E-state index contributed by atoms with van der Waals surface area (Å²) in [5.41, 5.74) is 2.76. The summed E-state index contributed by atoms with van der Waals surface area (Å²) < 4.78 is 0. The molecule has 0 radical (unpaired) electrons. The molecule has 2 heteroatoms. The SMILES string of the molecule is C=C(C)C(CC/C(=C\[CH2-])CCCCC)N(C)C.[Li+]. The monoisotopic (exact) mass is 243 g/mol. The van der Waals surface area contributed by atoms with Crippen molar-refractivity contribution in [1.82, 2.24) is 4.90 Å². The largest absolute Gasteiger partial charge is 1.00 e. The first-order valence-electron chi connectivity index (χ1n) is 6.81. The van der Waals surface area contributed by atoms with E-state index in [0.29, 0.717) is 6.04 Å². The van der Waals surface area contributed by atoms with Crippen LogP contribution in [0.15, 0.2) is 23.8 Å². The third kappa shape index (κ3) is 8.92. The Balaban J connectivity index is 0. The number of hydrogen-bond acceptors (Lipinski definition) is 1. The van der Waals surface area contributed by atoms with Crippen LogP contribution < -0.4 is 18.9 Å². The quantitative estimate of drug-likeness (QED) is 0.257. The summed E-state index contributed by atoms with van der Waals surface area (Å²) in [6.45, 7) is 12.4. The molecule has 0 aromatic heterocycles. The standard InChI is InChI=1S/C16H30N.Li/c1-7-9-10-11-15(8-2)12-13-16(14(3)4)17(5)6;/h8,16H,2-3,7,9-13H2,1,4-6H3;/q-1;+1/b15-8-;. The topological polar surface area (TPSA) is 3.24 Å². The van der Waals surface area contributed by atoms with Gasteiger partial charge in [0.05, 0.1) is 0 Å². The van der Waals surface area contributed by atoms with Crippen LogP contribution in [0, 0.1) is 6.92 Å². The van der Waals surface area contributed by atoms with Gasteiger partial charge in [-0.1, -0.05) is 51.2 Å². The molecule has 0 rings (SSSR count). The van der Waals surface area contributed by atoms with Gasteiger partial charge in [0.25, 0.3) is 0 Å². The van der Waals surface area contributed by atoms with Gasteiger partial charge in [-0.25, -0.2) is 18.6 Å². The molecule has 0 saturated carbocycles. The summed E-state index contributed by atoms with van der Waals surface area (Å²) in [4.78, 5) is 2.26. The molecule has 0 N–H and O–H groups in total. The van der Waals surface area contributed by atoms with Gasteiger partial charge in [0, 0.05) is 6.04 Å². The fraction of sp³-hybridized carbons (Fsp3) is 0.688. The average Bonchev–Trinajstić information content (AvgIpc) is 2.26. The van der Waals surface area contributed by atoms with Crippen molar-refractivity contribution in [3.05, 3.63) is 30.7 Å².